The number of carboxylic acid groups (broad SMARTS) is 1. The molecule has 1 amide bonds. The van der Waals surface area contributed by atoms with Gasteiger partial charge in [0.1, 0.15) is 5.75 Å². The summed E-state index contributed by atoms with van der Waals surface area (Å²) in [5.41, 5.74) is 0.217. The van der Waals surface area contributed by atoms with E-state index in [0.29, 0.717) is 5.75 Å². The van der Waals surface area contributed by atoms with E-state index in [2.05, 4.69) is 5.32 Å². The maximum Gasteiger partial charge on any atom is 0.328 e. The van der Waals surface area contributed by atoms with Gasteiger partial charge in [-0.25, -0.2) is 4.79 Å². The summed E-state index contributed by atoms with van der Waals surface area (Å²) in [4.78, 5) is 22.4. The minimum Gasteiger partial charge on any atom is -0.496 e. The van der Waals surface area contributed by atoms with E-state index in [1.54, 1.807) is 18.2 Å². The highest BCUT2D eigenvalue weighted by molar-refractivity contribution is 5.98. The second-order valence-electron chi connectivity index (χ2n) is 3.25. The number of hydrogen-bond donors (Lipinski definition) is 3. The zero-order valence-corrected chi connectivity index (χ0v) is 9.21. The van der Waals surface area contributed by atoms with Gasteiger partial charge in [-0.15, -0.1) is 0 Å². The van der Waals surface area contributed by atoms with Crippen molar-refractivity contribution in [2.75, 3.05) is 13.7 Å². The van der Waals surface area contributed by atoms with Crippen molar-refractivity contribution in [1.29, 1.82) is 0 Å². The van der Waals surface area contributed by atoms with Crippen molar-refractivity contribution in [3.05, 3.63) is 29.8 Å². The summed E-state index contributed by atoms with van der Waals surface area (Å²) < 4.78 is 4.97. The number of carboxylic acids is 1. The Hall–Kier alpha value is -2.08. The Labute approximate surface area is 97.8 Å². The zero-order chi connectivity index (χ0) is 12.8. The van der Waals surface area contributed by atoms with Gasteiger partial charge in [-0.05, 0) is 12.1 Å². The number of rotatable bonds is 5. The molecule has 17 heavy (non-hydrogen) atoms. The lowest BCUT2D eigenvalue weighted by Gasteiger charge is -2.13. The van der Waals surface area contributed by atoms with Gasteiger partial charge in [0.05, 0.1) is 19.3 Å². The Morgan fingerprint density at radius 1 is 1.41 bits per heavy atom. The number of benzene rings is 1. The predicted octanol–water partition coefficient (Wildman–Crippen LogP) is -0.130. The lowest BCUT2D eigenvalue weighted by Crippen LogP contribution is -2.43. The monoisotopic (exact) mass is 239 g/mol. The first-order chi connectivity index (χ1) is 8.10. The van der Waals surface area contributed by atoms with E-state index >= 15 is 0 Å². The number of hydrogen-bond acceptors (Lipinski definition) is 4. The highest BCUT2D eigenvalue weighted by Gasteiger charge is 2.21. The molecule has 6 nitrogen and oxygen atoms in total. The van der Waals surface area contributed by atoms with Crippen LogP contribution < -0.4 is 10.1 Å². The standard InChI is InChI=1S/C11H13NO5/c1-17-9-5-3-2-4-7(9)10(14)12-8(6-13)11(15)16/h2-5,8,13H,6H2,1H3,(H,12,14)(H,15,16)/t8-/m1/s1. The molecule has 0 saturated carbocycles. The molecular formula is C11H13NO5. The number of aliphatic hydroxyl groups is 1. The molecule has 0 unspecified atom stereocenters. The maximum atomic E-state index is 11.7. The quantitative estimate of drug-likeness (QED) is 0.665. The summed E-state index contributed by atoms with van der Waals surface area (Å²) in [6.45, 7) is -0.670. The van der Waals surface area contributed by atoms with E-state index in [0.717, 1.165) is 0 Å². The number of amides is 1. The topological polar surface area (TPSA) is 95.9 Å². The number of aliphatic carboxylic acids is 1. The molecule has 0 saturated heterocycles. The number of carbonyl (C=O) groups is 2. The Bertz CT molecular complexity index is 418. The molecule has 0 bridgehead atoms. The van der Waals surface area contributed by atoms with Crippen molar-refractivity contribution in [2.24, 2.45) is 0 Å². The first kappa shape index (κ1) is 13.0. The second-order valence-corrected chi connectivity index (χ2v) is 3.25. The minimum atomic E-state index is -1.33. The summed E-state index contributed by atoms with van der Waals surface area (Å²) in [6.07, 6.45) is 0. The summed E-state index contributed by atoms with van der Waals surface area (Å²) in [7, 11) is 1.41. The molecule has 1 rings (SSSR count). The van der Waals surface area contributed by atoms with Crippen LogP contribution >= 0.6 is 0 Å². The van der Waals surface area contributed by atoms with Crippen LogP contribution in [0.5, 0.6) is 5.75 Å². The molecule has 0 aliphatic heterocycles. The normalized spacial score (nSPS) is 11.6. The van der Waals surface area contributed by atoms with Gasteiger partial charge < -0.3 is 20.3 Å². The molecule has 0 aliphatic rings. The van der Waals surface area contributed by atoms with Gasteiger partial charge in [0, 0.05) is 0 Å². The van der Waals surface area contributed by atoms with Crippen molar-refractivity contribution in [3.63, 3.8) is 0 Å². The summed E-state index contributed by atoms with van der Waals surface area (Å²) in [5.74, 6) is -1.56. The molecule has 3 N–H and O–H groups in total. The first-order valence-corrected chi connectivity index (χ1v) is 4.87. The molecule has 0 fully saturated rings. The van der Waals surface area contributed by atoms with Crippen molar-refractivity contribution >= 4 is 11.9 Å². The Morgan fingerprint density at radius 2 is 2.06 bits per heavy atom. The van der Waals surface area contributed by atoms with Gasteiger partial charge in [-0.3, -0.25) is 4.79 Å². The van der Waals surface area contributed by atoms with Crippen molar-refractivity contribution in [3.8, 4) is 5.75 Å². The summed E-state index contributed by atoms with van der Waals surface area (Å²) in [6, 6.07) is 5.09. The van der Waals surface area contributed by atoms with Crippen molar-refractivity contribution < 1.29 is 24.5 Å². The fourth-order valence-electron chi connectivity index (χ4n) is 1.25. The van der Waals surface area contributed by atoms with Gasteiger partial charge in [0.25, 0.3) is 5.91 Å². The number of nitrogens with one attached hydrogen (secondary N) is 1. The number of methoxy groups -OCH3 is 1. The third kappa shape index (κ3) is 3.18. The van der Waals surface area contributed by atoms with Gasteiger partial charge >= 0.3 is 5.97 Å². The summed E-state index contributed by atoms with van der Waals surface area (Å²) >= 11 is 0. The van der Waals surface area contributed by atoms with Crippen LogP contribution in [0.3, 0.4) is 0 Å². The van der Waals surface area contributed by atoms with Crippen LogP contribution in [0.25, 0.3) is 0 Å². The van der Waals surface area contributed by atoms with Gasteiger partial charge in [-0.1, -0.05) is 12.1 Å². The van der Waals surface area contributed by atoms with Crippen LogP contribution in [-0.4, -0.2) is 41.8 Å². The molecule has 1 aromatic rings. The molecule has 0 aromatic heterocycles. The SMILES string of the molecule is COc1ccccc1C(=O)N[C@H](CO)C(=O)O. The number of aliphatic hydroxyl groups excluding tert-OH is 1. The van der Waals surface area contributed by atoms with Crippen LogP contribution in [0, 0.1) is 0 Å². The van der Waals surface area contributed by atoms with Crippen LogP contribution in [-0.2, 0) is 4.79 Å². The first-order valence-electron chi connectivity index (χ1n) is 4.87. The number of ether oxygens (including phenoxy) is 1. The minimum absolute atomic E-state index is 0.217. The third-order valence-corrected chi connectivity index (χ3v) is 2.14. The zero-order valence-electron chi connectivity index (χ0n) is 9.21. The average Bonchev–Trinajstić information content (AvgIpc) is 2.35. The summed E-state index contributed by atoms with van der Waals surface area (Å²) in [5, 5.41) is 19.7. The fraction of sp³-hybridized carbons (Fsp3) is 0.273. The second kappa shape index (κ2) is 5.86. The van der Waals surface area contributed by atoms with Crippen molar-refractivity contribution in [1.82, 2.24) is 5.32 Å². The van der Waals surface area contributed by atoms with Crippen molar-refractivity contribution in [2.45, 2.75) is 6.04 Å². The Morgan fingerprint density at radius 3 is 2.59 bits per heavy atom. The maximum absolute atomic E-state index is 11.7. The molecule has 92 valence electrons. The van der Waals surface area contributed by atoms with E-state index in [9.17, 15) is 9.59 Å². The lowest BCUT2D eigenvalue weighted by atomic mass is 10.1. The largest absolute Gasteiger partial charge is 0.496 e. The lowest BCUT2D eigenvalue weighted by molar-refractivity contribution is -0.140. The van der Waals surface area contributed by atoms with Crippen LogP contribution in [0.15, 0.2) is 24.3 Å². The number of carbonyl (C=O) groups excluding carboxylic acids is 1. The van der Waals surface area contributed by atoms with E-state index in [-0.39, 0.29) is 5.56 Å². The molecule has 0 spiro atoms. The fourth-order valence-corrected chi connectivity index (χ4v) is 1.25. The van der Waals surface area contributed by atoms with E-state index in [1.165, 1.54) is 13.2 Å². The third-order valence-electron chi connectivity index (χ3n) is 2.14. The molecule has 0 aliphatic carbocycles. The number of para-hydroxylation sites is 1. The molecule has 1 aromatic carbocycles. The predicted molar refractivity (Wildman–Crippen MR) is 59.0 cm³/mol. The smallest absolute Gasteiger partial charge is 0.328 e. The molecule has 0 radical (unpaired) electrons. The van der Waals surface area contributed by atoms with E-state index < -0.39 is 24.5 Å². The molecule has 1 atom stereocenters. The Kier molecular flexibility index (Phi) is 4.47. The van der Waals surface area contributed by atoms with E-state index in [4.69, 9.17) is 14.9 Å². The Balaban J connectivity index is 2.86. The van der Waals surface area contributed by atoms with E-state index in [1.807, 2.05) is 0 Å². The van der Waals surface area contributed by atoms with Gasteiger partial charge in [-0.2, -0.15) is 0 Å². The van der Waals surface area contributed by atoms with Gasteiger partial charge in [0.15, 0.2) is 6.04 Å². The molecular weight excluding hydrogens is 226 g/mol. The van der Waals surface area contributed by atoms with Crippen LogP contribution in [0.2, 0.25) is 0 Å². The van der Waals surface area contributed by atoms with Crippen LogP contribution in [0.1, 0.15) is 10.4 Å². The molecule has 6 heteroatoms. The highest BCUT2D eigenvalue weighted by Crippen LogP contribution is 2.16. The van der Waals surface area contributed by atoms with Crippen LogP contribution in [0.4, 0.5) is 0 Å². The average molecular weight is 239 g/mol. The molecule has 0 heterocycles. The highest BCUT2D eigenvalue weighted by atomic mass is 16.5. The van der Waals surface area contributed by atoms with Gasteiger partial charge in [0.2, 0.25) is 0 Å².